The van der Waals surface area contributed by atoms with E-state index < -0.39 is 5.60 Å². The van der Waals surface area contributed by atoms with Crippen LogP contribution in [-0.4, -0.2) is 40.7 Å². The summed E-state index contributed by atoms with van der Waals surface area (Å²) in [7, 11) is 0. The number of rotatable bonds is 3. The molecule has 154 valence electrons. The van der Waals surface area contributed by atoms with E-state index in [-0.39, 0.29) is 18.0 Å². The van der Waals surface area contributed by atoms with Crippen molar-refractivity contribution in [3.8, 4) is 0 Å². The summed E-state index contributed by atoms with van der Waals surface area (Å²) in [5, 5.41) is 5.54. The van der Waals surface area contributed by atoms with Gasteiger partial charge in [-0.25, -0.2) is 14.6 Å². The summed E-state index contributed by atoms with van der Waals surface area (Å²) in [5.41, 5.74) is 1.05. The van der Waals surface area contributed by atoms with Gasteiger partial charge < -0.3 is 15.0 Å². The van der Waals surface area contributed by atoms with Crippen molar-refractivity contribution >= 4 is 23.6 Å². The van der Waals surface area contributed by atoms with E-state index >= 15 is 0 Å². The van der Waals surface area contributed by atoms with Crippen molar-refractivity contribution in [3.63, 3.8) is 0 Å². The Morgan fingerprint density at radius 3 is 2.55 bits per heavy atom. The van der Waals surface area contributed by atoms with Gasteiger partial charge in [0.25, 0.3) is 0 Å². The number of nitrogens with zero attached hydrogens (tertiary/aromatic N) is 2. The van der Waals surface area contributed by atoms with Gasteiger partial charge in [0.2, 0.25) is 0 Å². The molecule has 2 aromatic rings. The molecule has 1 saturated heterocycles. The van der Waals surface area contributed by atoms with Crippen molar-refractivity contribution in [2.75, 3.05) is 23.7 Å². The Balaban J connectivity index is 1.62. The number of hydrogen-bond donors (Lipinski definition) is 2. The highest BCUT2D eigenvalue weighted by atomic mass is 16.6. The molecule has 7 heteroatoms. The molecular formula is C22H28N4O3. The molecule has 2 N–H and O–H groups in total. The highest BCUT2D eigenvalue weighted by Gasteiger charge is 2.29. The summed E-state index contributed by atoms with van der Waals surface area (Å²) in [6.45, 7) is 6.83. The fraction of sp³-hybridized carbons (Fsp3) is 0.409. The van der Waals surface area contributed by atoms with Crippen LogP contribution in [0.25, 0.3) is 0 Å². The fourth-order valence-electron chi connectivity index (χ4n) is 3.26. The highest BCUT2D eigenvalue weighted by molar-refractivity contribution is 5.99. The number of benzene rings is 1. The average Bonchev–Trinajstić information content (AvgIpc) is 2.68. The van der Waals surface area contributed by atoms with Gasteiger partial charge in [-0.3, -0.25) is 5.32 Å². The molecule has 0 spiro atoms. The van der Waals surface area contributed by atoms with Crippen LogP contribution in [0, 0.1) is 0 Å². The molecule has 1 aliphatic heterocycles. The molecule has 0 aliphatic carbocycles. The summed E-state index contributed by atoms with van der Waals surface area (Å²) >= 11 is 0. The summed E-state index contributed by atoms with van der Waals surface area (Å²) in [5.74, 6) is 0.584. The topological polar surface area (TPSA) is 83.6 Å². The van der Waals surface area contributed by atoms with Crippen LogP contribution in [0.2, 0.25) is 0 Å². The molecule has 1 aliphatic rings. The van der Waals surface area contributed by atoms with E-state index in [0.717, 1.165) is 18.5 Å². The third kappa shape index (κ3) is 6.20. The van der Waals surface area contributed by atoms with Gasteiger partial charge in [-0.2, -0.15) is 0 Å². The summed E-state index contributed by atoms with van der Waals surface area (Å²) in [4.78, 5) is 30.9. The monoisotopic (exact) mass is 396 g/mol. The van der Waals surface area contributed by atoms with Crippen LogP contribution < -0.4 is 10.6 Å². The summed E-state index contributed by atoms with van der Waals surface area (Å²) in [6.07, 6.45) is 1.53. The van der Waals surface area contributed by atoms with E-state index in [1.807, 2.05) is 63.2 Å². The number of ether oxygens (including phenoxy) is 1. The lowest BCUT2D eigenvalue weighted by Gasteiger charge is -2.34. The van der Waals surface area contributed by atoms with Crippen molar-refractivity contribution in [3.05, 3.63) is 54.2 Å². The van der Waals surface area contributed by atoms with E-state index in [1.165, 1.54) is 0 Å². The first-order valence-corrected chi connectivity index (χ1v) is 9.88. The Morgan fingerprint density at radius 1 is 1.07 bits per heavy atom. The number of aromatic nitrogens is 1. The molecule has 2 heterocycles. The second kappa shape index (κ2) is 8.94. The number of piperidine rings is 1. The number of pyridine rings is 1. The van der Waals surface area contributed by atoms with Crippen LogP contribution in [0.1, 0.15) is 45.2 Å². The van der Waals surface area contributed by atoms with Gasteiger partial charge in [0, 0.05) is 30.4 Å². The zero-order valence-electron chi connectivity index (χ0n) is 17.1. The zero-order chi connectivity index (χ0) is 20.9. The van der Waals surface area contributed by atoms with E-state index in [4.69, 9.17) is 4.74 Å². The van der Waals surface area contributed by atoms with Crippen LogP contribution in [0.15, 0.2) is 48.5 Å². The molecule has 1 fully saturated rings. The Labute approximate surface area is 171 Å². The number of urea groups is 1. The van der Waals surface area contributed by atoms with E-state index in [2.05, 4.69) is 15.6 Å². The molecule has 0 bridgehead atoms. The maximum absolute atomic E-state index is 12.4. The van der Waals surface area contributed by atoms with Crippen molar-refractivity contribution < 1.29 is 14.3 Å². The quantitative estimate of drug-likeness (QED) is 0.778. The molecule has 0 unspecified atom stereocenters. The molecule has 3 rings (SSSR count). The normalized spacial score (nSPS) is 16.8. The van der Waals surface area contributed by atoms with E-state index in [0.29, 0.717) is 24.6 Å². The molecular weight excluding hydrogens is 368 g/mol. The van der Waals surface area contributed by atoms with Gasteiger partial charge in [0.15, 0.2) is 0 Å². The Hall–Kier alpha value is -3.09. The molecule has 7 nitrogen and oxygen atoms in total. The smallest absolute Gasteiger partial charge is 0.410 e. The number of amides is 3. The molecule has 3 amide bonds. The largest absolute Gasteiger partial charge is 0.444 e. The van der Waals surface area contributed by atoms with Crippen molar-refractivity contribution in [1.29, 1.82) is 0 Å². The van der Waals surface area contributed by atoms with E-state index in [1.54, 1.807) is 11.0 Å². The van der Waals surface area contributed by atoms with Crippen LogP contribution in [0.3, 0.4) is 0 Å². The zero-order valence-corrected chi connectivity index (χ0v) is 17.1. The molecule has 29 heavy (non-hydrogen) atoms. The minimum Gasteiger partial charge on any atom is -0.444 e. The molecule has 1 atom stereocenters. The lowest BCUT2D eigenvalue weighted by molar-refractivity contribution is 0.0197. The minimum atomic E-state index is -0.516. The van der Waals surface area contributed by atoms with Crippen molar-refractivity contribution in [2.24, 2.45) is 0 Å². The third-order valence-corrected chi connectivity index (χ3v) is 4.54. The van der Waals surface area contributed by atoms with Gasteiger partial charge in [-0.15, -0.1) is 0 Å². The van der Waals surface area contributed by atoms with Gasteiger partial charge in [-0.1, -0.05) is 24.3 Å². The number of carbonyl (C=O) groups is 2. The number of carbonyl (C=O) groups excluding carboxylic acids is 2. The lowest BCUT2D eigenvalue weighted by Crippen LogP contribution is -2.42. The lowest BCUT2D eigenvalue weighted by atomic mass is 9.94. The second-order valence-electron chi connectivity index (χ2n) is 8.16. The van der Waals surface area contributed by atoms with Gasteiger partial charge in [0.1, 0.15) is 11.4 Å². The van der Waals surface area contributed by atoms with Crippen LogP contribution in [0.5, 0.6) is 0 Å². The average molecular weight is 396 g/mol. The van der Waals surface area contributed by atoms with Gasteiger partial charge >= 0.3 is 12.1 Å². The van der Waals surface area contributed by atoms with Crippen LogP contribution >= 0.6 is 0 Å². The van der Waals surface area contributed by atoms with Crippen molar-refractivity contribution in [2.45, 2.75) is 45.1 Å². The number of hydrogen-bond acceptors (Lipinski definition) is 4. The maximum atomic E-state index is 12.4. The second-order valence-corrected chi connectivity index (χ2v) is 8.16. The standard InChI is InChI=1S/C22H28N4O3/c1-22(2,3)29-21(28)26-14-8-9-16(15-26)18-12-7-13-19(24-18)25-20(27)23-17-10-5-4-6-11-17/h4-7,10-13,16H,8-9,14-15H2,1-3H3,(H2,23,24,25,27)/t16-/m0/s1. The first kappa shape index (κ1) is 20.6. The fourth-order valence-corrected chi connectivity index (χ4v) is 3.26. The van der Waals surface area contributed by atoms with E-state index in [9.17, 15) is 9.59 Å². The molecule has 0 saturated carbocycles. The van der Waals surface area contributed by atoms with Gasteiger partial charge in [0.05, 0.1) is 0 Å². The SMILES string of the molecule is CC(C)(C)OC(=O)N1CCC[C@H](c2cccc(NC(=O)Nc3ccccc3)n2)C1. The van der Waals surface area contributed by atoms with Crippen molar-refractivity contribution in [1.82, 2.24) is 9.88 Å². The number of nitrogens with one attached hydrogen (secondary N) is 2. The predicted molar refractivity (Wildman–Crippen MR) is 113 cm³/mol. The summed E-state index contributed by atoms with van der Waals surface area (Å²) < 4.78 is 5.50. The Kier molecular flexibility index (Phi) is 6.36. The Bertz CT molecular complexity index is 849. The first-order chi connectivity index (χ1) is 13.8. The molecule has 1 aromatic heterocycles. The summed E-state index contributed by atoms with van der Waals surface area (Å²) in [6, 6.07) is 14.4. The maximum Gasteiger partial charge on any atom is 0.410 e. The van der Waals surface area contributed by atoms with Gasteiger partial charge in [-0.05, 0) is 57.9 Å². The molecule has 1 aromatic carbocycles. The number of para-hydroxylation sites is 1. The highest BCUT2D eigenvalue weighted by Crippen LogP contribution is 2.27. The Morgan fingerprint density at radius 2 is 1.83 bits per heavy atom. The number of likely N-dealkylation sites (tertiary alicyclic amines) is 1. The van der Waals surface area contributed by atoms with Crippen LogP contribution in [-0.2, 0) is 4.74 Å². The predicted octanol–water partition coefficient (Wildman–Crippen LogP) is 4.84. The first-order valence-electron chi connectivity index (χ1n) is 9.88. The minimum absolute atomic E-state index is 0.107. The van der Waals surface area contributed by atoms with Crippen LogP contribution in [0.4, 0.5) is 21.1 Å². The third-order valence-electron chi connectivity index (χ3n) is 4.54. The molecule has 0 radical (unpaired) electrons. The number of anilines is 2.